The zero-order valence-corrected chi connectivity index (χ0v) is 14.1. The third kappa shape index (κ3) is 3.58. The number of imidazole rings is 1. The van der Waals surface area contributed by atoms with Crippen LogP contribution in [0.15, 0.2) is 24.3 Å². The van der Waals surface area contributed by atoms with Crippen molar-refractivity contribution in [3.05, 3.63) is 47.0 Å². The Bertz CT molecular complexity index is 746. The molecular weight excluding hydrogens is 304 g/mol. The summed E-state index contributed by atoms with van der Waals surface area (Å²) in [5.41, 5.74) is 2.91. The number of hydrogen-bond donors (Lipinski definition) is 1. The lowest BCUT2D eigenvalue weighted by molar-refractivity contribution is 0.0582. The molecule has 3 rings (SSSR count). The molecule has 0 amide bonds. The highest BCUT2D eigenvalue weighted by atomic mass is 16.5. The maximum atomic E-state index is 10.2. The highest BCUT2D eigenvalue weighted by Crippen LogP contribution is 2.17. The van der Waals surface area contributed by atoms with E-state index in [9.17, 15) is 5.11 Å². The minimum atomic E-state index is -0.565. The van der Waals surface area contributed by atoms with Gasteiger partial charge >= 0.3 is 0 Å². The molecule has 2 heterocycles. The molecule has 0 radical (unpaired) electrons. The molecule has 1 N–H and O–H groups in total. The van der Waals surface area contributed by atoms with Crippen LogP contribution in [0.3, 0.4) is 0 Å². The van der Waals surface area contributed by atoms with Crippen LogP contribution in [-0.4, -0.2) is 45.4 Å². The van der Waals surface area contributed by atoms with E-state index in [1.54, 1.807) is 24.3 Å². The van der Waals surface area contributed by atoms with Gasteiger partial charge in [-0.25, -0.2) is 4.98 Å². The van der Waals surface area contributed by atoms with Gasteiger partial charge in [0.2, 0.25) is 0 Å². The van der Waals surface area contributed by atoms with Gasteiger partial charge in [0, 0.05) is 25.3 Å². The largest absolute Gasteiger partial charge is 0.491 e. The summed E-state index contributed by atoms with van der Waals surface area (Å²) in [6.45, 7) is 7.48. The molecule has 0 saturated carbocycles. The summed E-state index contributed by atoms with van der Waals surface area (Å²) in [4.78, 5) is 6.80. The molecular formula is C18H22N4O2. The number of nitrogens with zero attached hydrogens (tertiary/aromatic N) is 4. The van der Waals surface area contributed by atoms with Crippen molar-refractivity contribution in [3.8, 4) is 11.8 Å². The van der Waals surface area contributed by atoms with E-state index in [4.69, 9.17) is 10.00 Å². The van der Waals surface area contributed by atoms with Crippen molar-refractivity contribution in [1.82, 2.24) is 14.5 Å². The number of β-amino-alcohol motifs (C(OH)–C–C–N with tert-alkyl or cyclic N) is 1. The Kier molecular flexibility index (Phi) is 4.84. The highest BCUT2D eigenvalue weighted by molar-refractivity contribution is 5.34. The van der Waals surface area contributed by atoms with Gasteiger partial charge in [-0.05, 0) is 38.1 Å². The molecule has 1 unspecified atom stereocenters. The van der Waals surface area contributed by atoms with Crippen LogP contribution >= 0.6 is 0 Å². The molecule has 0 spiro atoms. The Morgan fingerprint density at radius 2 is 2.04 bits per heavy atom. The van der Waals surface area contributed by atoms with Gasteiger partial charge in [0.25, 0.3) is 0 Å². The lowest BCUT2D eigenvalue weighted by Gasteiger charge is -2.29. The van der Waals surface area contributed by atoms with E-state index in [0.29, 0.717) is 17.9 Å². The molecule has 2 aromatic rings. The van der Waals surface area contributed by atoms with Crippen molar-refractivity contribution >= 4 is 0 Å². The smallest absolute Gasteiger partial charge is 0.123 e. The van der Waals surface area contributed by atoms with Crippen molar-refractivity contribution in [2.45, 2.75) is 33.0 Å². The Balaban J connectivity index is 1.50. The second-order valence-corrected chi connectivity index (χ2v) is 6.19. The molecule has 24 heavy (non-hydrogen) atoms. The van der Waals surface area contributed by atoms with Crippen molar-refractivity contribution in [2.75, 3.05) is 19.7 Å². The first-order chi connectivity index (χ1) is 11.6. The fourth-order valence-electron chi connectivity index (χ4n) is 2.99. The van der Waals surface area contributed by atoms with Crippen LogP contribution in [0.1, 0.15) is 22.8 Å². The number of benzene rings is 1. The molecule has 6 nitrogen and oxygen atoms in total. The number of hydrogen-bond acceptors (Lipinski definition) is 5. The van der Waals surface area contributed by atoms with Crippen molar-refractivity contribution < 1.29 is 9.84 Å². The van der Waals surface area contributed by atoms with E-state index in [1.165, 1.54) is 5.69 Å². The van der Waals surface area contributed by atoms with Crippen LogP contribution in [-0.2, 0) is 13.1 Å². The first-order valence-electron chi connectivity index (χ1n) is 8.13. The number of ether oxygens (including phenoxy) is 1. The Labute approximate surface area is 141 Å². The average molecular weight is 326 g/mol. The van der Waals surface area contributed by atoms with Gasteiger partial charge < -0.3 is 14.4 Å². The second kappa shape index (κ2) is 7.04. The molecule has 1 atom stereocenters. The number of fused-ring (bicyclic) bond motifs is 1. The fourth-order valence-corrected chi connectivity index (χ4v) is 2.99. The fraction of sp³-hybridized carbons (Fsp3) is 0.444. The predicted octanol–water partition coefficient (Wildman–Crippen LogP) is 1.63. The normalized spacial score (nSPS) is 15.6. The van der Waals surface area contributed by atoms with E-state index >= 15 is 0 Å². The van der Waals surface area contributed by atoms with Gasteiger partial charge in [0.1, 0.15) is 24.3 Å². The molecule has 0 bridgehead atoms. The number of aliphatic hydroxyl groups is 1. The average Bonchev–Trinajstić information content (AvgIpc) is 2.87. The number of nitriles is 1. The zero-order chi connectivity index (χ0) is 17.1. The summed E-state index contributed by atoms with van der Waals surface area (Å²) in [6, 6.07) is 8.97. The molecule has 1 aliphatic heterocycles. The standard InChI is InChI=1S/C18H22N4O2/c1-13-14(2)22-8-7-21(11-18(22)20-13)10-16(23)12-24-17-5-3-15(9-19)4-6-17/h3-6,16,23H,7-8,10-12H2,1-2H3. The third-order valence-corrected chi connectivity index (χ3v) is 4.44. The van der Waals surface area contributed by atoms with E-state index in [0.717, 1.165) is 31.2 Å². The monoisotopic (exact) mass is 326 g/mol. The van der Waals surface area contributed by atoms with Gasteiger partial charge in [0.05, 0.1) is 23.9 Å². The van der Waals surface area contributed by atoms with E-state index in [2.05, 4.69) is 27.4 Å². The summed E-state index contributed by atoms with van der Waals surface area (Å²) >= 11 is 0. The van der Waals surface area contributed by atoms with Gasteiger partial charge in [-0.15, -0.1) is 0 Å². The first-order valence-corrected chi connectivity index (χ1v) is 8.13. The second-order valence-electron chi connectivity index (χ2n) is 6.19. The summed E-state index contributed by atoms with van der Waals surface area (Å²) < 4.78 is 7.85. The Morgan fingerprint density at radius 1 is 1.29 bits per heavy atom. The third-order valence-electron chi connectivity index (χ3n) is 4.44. The molecule has 1 aromatic carbocycles. The summed E-state index contributed by atoms with van der Waals surface area (Å²) in [6.07, 6.45) is -0.565. The van der Waals surface area contributed by atoms with Crippen LogP contribution in [0.4, 0.5) is 0 Å². The number of aromatic nitrogens is 2. The van der Waals surface area contributed by atoms with Gasteiger partial charge in [0.15, 0.2) is 0 Å². The Morgan fingerprint density at radius 3 is 2.75 bits per heavy atom. The summed E-state index contributed by atoms with van der Waals surface area (Å²) in [5.74, 6) is 1.73. The van der Waals surface area contributed by atoms with E-state index < -0.39 is 6.10 Å². The van der Waals surface area contributed by atoms with Crippen molar-refractivity contribution in [2.24, 2.45) is 0 Å². The van der Waals surface area contributed by atoms with E-state index in [-0.39, 0.29) is 6.61 Å². The number of aliphatic hydroxyl groups excluding tert-OH is 1. The molecule has 1 aliphatic rings. The molecule has 126 valence electrons. The van der Waals surface area contributed by atoms with Gasteiger partial charge in [-0.2, -0.15) is 5.26 Å². The lowest BCUT2D eigenvalue weighted by atomic mass is 10.2. The lowest BCUT2D eigenvalue weighted by Crippen LogP contribution is -2.40. The van der Waals surface area contributed by atoms with Crippen LogP contribution in [0.2, 0.25) is 0 Å². The van der Waals surface area contributed by atoms with Crippen molar-refractivity contribution in [1.29, 1.82) is 5.26 Å². The van der Waals surface area contributed by atoms with Gasteiger partial charge in [-0.3, -0.25) is 4.90 Å². The summed E-state index contributed by atoms with van der Waals surface area (Å²) in [7, 11) is 0. The predicted molar refractivity (Wildman–Crippen MR) is 89.6 cm³/mol. The molecule has 0 fully saturated rings. The van der Waals surface area contributed by atoms with Crippen LogP contribution in [0.25, 0.3) is 0 Å². The van der Waals surface area contributed by atoms with Crippen LogP contribution < -0.4 is 4.74 Å². The quantitative estimate of drug-likeness (QED) is 0.904. The first kappa shape index (κ1) is 16.5. The summed E-state index contributed by atoms with van der Waals surface area (Å²) in [5, 5.41) is 19.0. The van der Waals surface area contributed by atoms with Crippen LogP contribution in [0, 0.1) is 25.2 Å². The SMILES string of the molecule is Cc1nc2n(c1C)CCN(CC(O)COc1ccc(C#N)cc1)C2. The van der Waals surface area contributed by atoms with Crippen LogP contribution in [0.5, 0.6) is 5.75 Å². The topological polar surface area (TPSA) is 74.3 Å². The Hall–Kier alpha value is -2.36. The van der Waals surface area contributed by atoms with Crippen molar-refractivity contribution in [3.63, 3.8) is 0 Å². The highest BCUT2D eigenvalue weighted by Gasteiger charge is 2.22. The zero-order valence-electron chi connectivity index (χ0n) is 14.1. The minimum Gasteiger partial charge on any atom is -0.491 e. The molecule has 1 aromatic heterocycles. The molecule has 6 heteroatoms. The number of aryl methyl sites for hydroxylation is 1. The number of rotatable bonds is 5. The van der Waals surface area contributed by atoms with Gasteiger partial charge in [-0.1, -0.05) is 0 Å². The molecule has 0 saturated heterocycles. The maximum absolute atomic E-state index is 10.2. The maximum Gasteiger partial charge on any atom is 0.123 e. The molecule has 0 aliphatic carbocycles. The van der Waals surface area contributed by atoms with E-state index in [1.807, 2.05) is 6.92 Å². The minimum absolute atomic E-state index is 0.231.